The van der Waals surface area contributed by atoms with E-state index in [0.717, 1.165) is 18.6 Å². The summed E-state index contributed by atoms with van der Waals surface area (Å²) in [6, 6.07) is 11.5. The van der Waals surface area contributed by atoms with Crippen LogP contribution < -0.4 is 10.2 Å². The first-order valence-corrected chi connectivity index (χ1v) is 8.19. The van der Waals surface area contributed by atoms with Gasteiger partial charge in [-0.05, 0) is 42.3 Å². The molecule has 1 N–H and O–H groups in total. The van der Waals surface area contributed by atoms with Gasteiger partial charge in [0.1, 0.15) is 0 Å². The number of carbonyl (C=O) groups excluding carboxylic acids is 2. The lowest BCUT2D eigenvalue weighted by Crippen LogP contribution is -2.26. The van der Waals surface area contributed by atoms with Gasteiger partial charge < -0.3 is 10.2 Å². The predicted molar refractivity (Wildman–Crippen MR) is 90.6 cm³/mol. The summed E-state index contributed by atoms with van der Waals surface area (Å²) in [5.74, 6) is -0.387. The molecule has 4 nitrogen and oxygen atoms in total. The molecule has 7 heteroatoms. The second kappa shape index (κ2) is 7.19. The van der Waals surface area contributed by atoms with Crippen LogP contribution in [0.3, 0.4) is 0 Å². The number of hydrogen-bond acceptors (Lipinski definition) is 2. The van der Waals surface area contributed by atoms with Gasteiger partial charge in [0.15, 0.2) is 0 Å². The van der Waals surface area contributed by atoms with E-state index in [1.807, 2.05) is 0 Å². The average molecular weight is 362 g/mol. The predicted octanol–water partition coefficient (Wildman–Crippen LogP) is 3.76. The van der Waals surface area contributed by atoms with Crippen LogP contribution in [0, 0.1) is 0 Å². The van der Waals surface area contributed by atoms with E-state index in [2.05, 4.69) is 5.32 Å². The maximum Gasteiger partial charge on any atom is 0.416 e. The Hall–Kier alpha value is -2.83. The molecular formula is C19H17F3N2O2. The van der Waals surface area contributed by atoms with Crippen LogP contribution in [0.5, 0.6) is 0 Å². The van der Waals surface area contributed by atoms with Crippen LogP contribution >= 0.6 is 0 Å². The van der Waals surface area contributed by atoms with Gasteiger partial charge in [0.05, 0.1) is 5.56 Å². The van der Waals surface area contributed by atoms with Crippen LogP contribution in [0.2, 0.25) is 0 Å². The minimum atomic E-state index is -4.42. The van der Waals surface area contributed by atoms with Crippen molar-refractivity contribution >= 4 is 17.5 Å². The summed E-state index contributed by atoms with van der Waals surface area (Å²) < 4.78 is 38.2. The van der Waals surface area contributed by atoms with E-state index in [1.54, 1.807) is 29.2 Å². The van der Waals surface area contributed by atoms with Gasteiger partial charge in [-0.25, -0.2) is 0 Å². The summed E-state index contributed by atoms with van der Waals surface area (Å²) in [6.45, 7) is 0.601. The van der Waals surface area contributed by atoms with Crippen molar-refractivity contribution in [3.8, 4) is 0 Å². The summed E-state index contributed by atoms with van der Waals surface area (Å²) in [4.78, 5) is 25.8. The molecule has 0 radical (unpaired) electrons. The number of halogens is 3. The number of amides is 2. The van der Waals surface area contributed by atoms with Gasteiger partial charge >= 0.3 is 6.18 Å². The Morgan fingerprint density at radius 2 is 1.88 bits per heavy atom. The summed E-state index contributed by atoms with van der Waals surface area (Å²) >= 11 is 0. The van der Waals surface area contributed by atoms with Gasteiger partial charge in [-0.15, -0.1) is 0 Å². The average Bonchev–Trinajstić information content (AvgIpc) is 3.05. The van der Waals surface area contributed by atoms with Crippen LogP contribution in [0.1, 0.15) is 34.3 Å². The Balaban J connectivity index is 1.68. The molecule has 0 aromatic heterocycles. The van der Waals surface area contributed by atoms with Crippen molar-refractivity contribution in [3.05, 3.63) is 65.2 Å². The SMILES string of the molecule is O=C(NCc1cccc(C(F)(F)F)c1)c1cccc(N2CCCC2=O)c1. The van der Waals surface area contributed by atoms with Crippen molar-refractivity contribution in [3.63, 3.8) is 0 Å². The molecule has 0 unspecified atom stereocenters. The zero-order valence-electron chi connectivity index (χ0n) is 13.8. The largest absolute Gasteiger partial charge is 0.416 e. The lowest BCUT2D eigenvalue weighted by molar-refractivity contribution is -0.137. The molecule has 26 heavy (non-hydrogen) atoms. The van der Waals surface area contributed by atoms with Gasteiger partial charge in [-0.3, -0.25) is 9.59 Å². The lowest BCUT2D eigenvalue weighted by atomic mass is 10.1. The molecule has 3 rings (SSSR count). The third-order valence-corrected chi connectivity index (χ3v) is 4.20. The van der Waals surface area contributed by atoms with Gasteiger partial charge in [-0.2, -0.15) is 13.2 Å². The third-order valence-electron chi connectivity index (χ3n) is 4.20. The molecule has 1 heterocycles. The zero-order valence-corrected chi connectivity index (χ0v) is 13.8. The van der Waals surface area contributed by atoms with Crippen LogP contribution in [-0.4, -0.2) is 18.4 Å². The van der Waals surface area contributed by atoms with Crippen molar-refractivity contribution in [1.82, 2.24) is 5.32 Å². The molecular weight excluding hydrogens is 345 g/mol. The minimum Gasteiger partial charge on any atom is -0.348 e. The Kier molecular flexibility index (Phi) is 4.97. The fourth-order valence-electron chi connectivity index (χ4n) is 2.88. The third kappa shape index (κ3) is 4.04. The molecule has 2 aromatic rings. The van der Waals surface area contributed by atoms with Crippen molar-refractivity contribution in [2.24, 2.45) is 0 Å². The Bertz CT molecular complexity index is 834. The number of carbonyl (C=O) groups is 2. The fraction of sp³-hybridized carbons (Fsp3) is 0.263. The standard InChI is InChI=1S/C19H17F3N2O2/c20-19(21,22)15-6-1-4-13(10-15)12-23-18(26)14-5-2-7-16(11-14)24-9-3-8-17(24)25/h1-2,4-7,10-11H,3,8-9,12H2,(H,23,26). The van der Waals surface area contributed by atoms with E-state index in [9.17, 15) is 22.8 Å². The molecule has 2 amide bonds. The van der Waals surface area contributed by atoms with Crippen LogP contribution in [0.4, 0.5) is 18.9 Å². The van der Waals surface area contributed by atoms with Crippen molar-refractivity contribution in [1.29, 1.82) is 0 Å². The van der Waals surface area contributed by atoms with Gasteiger partial charge in [0.2, 0.25) is 5.91 Å². The van der Waals surface area contributed by atoms with Crippen molar-refractivity contribution < 1.29 is 22.8 Å². The molecule has 0 atom stereocenters. The summed E-state index contributed by atoms with van der Waals surface area (Å²) in [5, 5.41) is 2.61. The number of nitrogens with one attached hydrogen (secondary N) is 1. The quantitative estimate of drug-likeness (QED) is 0.900. The molecule has 2 aromatic carbocycles. The van der Waals surface area contributed by atoms with Gasteiger partial charge in [0.25, 0.3) is 5.91 Å². The number of hydrogen-bond donors (Lipinski definition) is 1. The smallest absolute Gasteiger partial charge is 0.348 e. The van der Waals surface area contributed by atoms with E-state index in [0.29, 0.717) is 29.8 Å². The van der Waals surface area contributed by atoms with Crippen LogP contribution in [0.15, 0.2) is 48.5 Å². The minimum absolute atomic E-state index is 0.0182. The van der Waals surface area contributed by atoms with Crippen LogP contribution in [-0.2, 0) is 17.5 Å². The molecule has 1 aliphatic rings. The highest BCUT2D eigenvalue weighted by molar-refractivity contribution is 5.99. The number of anilines is 1. The fourth-order valence-corrected chi connectivity index (χ4v) is 2.88. The Morgan fingerprint density at radius 3 is 2.58 bits per heavy atom. The normalized spacial score (nSPS) is 14.6. The summed E-state index contributed by atoms with van der Waals surface area (Å²) in [6.07, 6.45) is -3.15. The first-order chi connectivity index (χ1) is 12.3. The van der Waals surface area contributed by atoms with Crippen molar-refractivity contribution in [2.45, 2.75) is 25.6 Å². The number of alkyl halides is 3. The topological polar surface area (TPSA) is 49.4 Å². The molecule has 0 aliphatic carbocycles. The number of benzene rings is 2. The zero-order chi connectivity index (χ0) is 18.7. The van der Waals surface area contributed by atoms with E-state index in [1.165, 1.54) is 12.1 Å². The first-order valence-electron chi connectivity index (χ1n) is 8.19. The monoisotopic (exact) mass is 362 g/mol. The molecule has 136 valence electrons. The highest BCUT2D eigenvalue weighted by Crippen LogP contribution is 2.29. The molecule has 0 spiro atoms. The molecule has 1 fully saturated rings. The first kappa shape index (κ1) is 18.0. The highest BCUT2D eigenvalue weighted by Gasteiger charge is 2.30. The second-order valence-electron chi connectivity index (χ2n) is 6.08. The number of nitrogens with zero attached hydrogens (tertiary/aromatic N) is 1. The van der Waals surface area contributed by atoms with Gasteiger partial charge in [-0.1, -0.05) is 18.2 Å². The molecule has 0 bridgehead atoms. The van der Waals surface area contributed by atoms with E-state index in [4.69, 9.17) is 0 Å². The van der Waals surface area contributed by atoms with E-state index < -0.39 is 17.6 Å². The lowest BCUT2D eigenvalue weighted by Gasteiger charge is -2.16. The Labute approximate surface area is 148 Å². The van der Waals surface area contributed by atoms with E-state index >= 15 is 0 Å². The molecule has 0 saturated carbocycles. The number of rotatable bonds is 4. The summed E-state index contributed by atoms with van der Waals surface area (Å²) in [7, 11) is 0. The van der Waals surface area contributed by atoms with Crippen LogP contribution in [0.25, 0.3) is 0 Å². The van der Waals surface area contributed by atoms with Gasteiger partial charge in [0, 0.05) is 30.8 Å². The molecule has 1 aliphatic heterocycles. The summed E-state index contributed by atoms with van der Waals surface area (Å²) in [5.41, 5.74) is 0.617. The maximum absolute atomic E-state index is 12.7. The maximum atomic E-state index is 12.7. The Morgan fingerprint density at radius 1 is 1.12 bits per heavy atom. The second-order valence-corrected chi connectivity index (χ2v) is 6.08. The van der Waals surface area contributed by atoms with Crippen molar-refractivity contribution in [2.75, 3.05) is 11.4 Å². The van der Waals surface area contributed by atoms with E-state index in [-0.39, 0.29) is 12.5 Å². The highest BCUT2D eigenvalue weighted by atomic mass is 19.4. The molecule has 1 saturated heterocycles.